The summed E-state index contributed by atoms with van der Waals surface area (Å²) in [4.78, 5) is 0.537. The van der Waals surface area contributed by atoms with Crippen LogP contribution < -0.4 is 0 Å². The molecule has 96 valence electrons. The summed E-state index contributed by atoms with van der Waals surface area (Å²) in [7, 11) is 1.76. The quantitative estimate of drug-likeness (QED) is 0.875. The molecule has 6 heteroatoms. The summed E-state index contributed by atoms with van der Waals surface area (Å²) in [6.45, 7) is 0. The summed E-state index contributed by atoms with van der Waals surface area (Å²) in [6.07, 6.45) is 0.934. The Kier molecular flexibility index (Phi) is 4.42. The Hall–Kier alpha value is -0.850. The summed E-state index contributed by atoms with van der Waals surface area (Å²) in [5.41, 5.74) is 0.693. The van der Waals surface area contributed by atoms with Crippen LogP contribution in [0.3, 0.4) is 0 Å². The van der Waals surface area contributed by atoms with Crippen LogP contribution in [0.15, 0.2) is 39.8 Å². The molecule has 0 aliphatic carbocycles. The number of nitrogens with zero attached hydrogens (tertiary/aromatic N) is 2. The zero-order valence-corrected chi connectivity index (χ0v) is 12.1. The lowest BCUT2D eigenvalue weighted by Gasteiger charge is -2.11. The fourth-order valence-electron chi connectivity index (χ4n) is 1.60. The Morgan fingerprint density at radius 1 is 1.50 bits per heavy atom. The topological polar surface area (TPSA) is 38.0 Å². The predicted octanol–water partition coefficient (Wildman–Crippen LogP) is 3.15. The summed E-state index contributed by atoms with van der Waals surface area (Å²) in [5, 5.41) is 14.1. The van der Waals surface area contributed by atoms with Crippen molar-refractivity contribution in [3.8, 4) is 0 Å². The second-order valence-electron chi connectivity index (χ2n) is 3.76. The van der Waals surface area contributed by atoms with Gasteiger partial charge in [-0.25, -0.2) is 4.39 Å². The van der Waals surface area contributed by atoms with Gasteiger partial charge < -0.3 is 5.11 Å². The monoisotopic (exact) mass is 330 g/mol. The van der Waals surface area contributed by atoms with Crippen LogP contribution in [0, 0.1) is 5.82 Å². The van der Waals surface area contributed by atoms with Crippen molar-refractivity contribution in [2.24, 2.45) is 7.05 Å². The number of hydrogen-bond acceptors (Lipinski definition) is 3. The van der Waals surface area contributed by atoms with E-state index >= 15 is 0 Å². The van der Waals surface area contributed by atoms with E-state index in [0.717, 1.165) is 4.47 Å². The molecule has 0 spiro atoms. The molecule has 2 aromatic rings. The molecule has 0 fully saturated rings. The first-order chi connectivity index (χ1) is 8.59. The van der Waals surface area contributed by atoms with E-state index in [-0.39, 0.29) is 5.82 Å². The van der Waals surface area contributed by atoms with Crippen LogP contribution >= 0.6 is 27.7 Å². The van der Waals surface area contributed by atoms with Crippen molar-refractivity contribution < 1.29 is 9.50 Å². The van der Waals surface area contributed by atoms with Gasteiger partial charge in [0, 0.05) is 17.7 Å². The van der Waals surface area contributed by atoms with Crippen molar-refractivity contribution in [3.05, 3.63) is 46.4 Å². The van der Waals surface area contributed by atoms with Crippen molar-refractivity contribution in [2.45, 2.75) is 11.0 Å². The van der Waals surface area contributed by atoms with E-state index in [1.54, 1.807) is 36.1 Å². The molecule has 1 aromatic carbocycles. The van der Waals surface area contributed by atoms with E-state index in [9.17, 15) is 9.50 Å². The van der Waals surface area contributed by atoms with Crippen molar-refractivity contribution in [1.29, 1.82) is 0 Å². The van der Waals surface area contributed by atoms with Crippen LogP contribution in [0.25, 0.3) is 0 Å². The second-order valence-corrected chi connectivity index (χ2v) is 5.67. The molecule has 3 nitrogen and oxygen atoms in total. The lowest BCUT2D eigenvalue weighted by molar-refractivity contribution is 0.193. The third kappa shape index (κ3) is 2.93. The van der Waals surface area contributed by atoms with Crippen molar-refractivity contribution in [1.82, 2.24) is 9.78 Å². The van der Waals surface area contributed by atoms with Gasteiger partial charge in [0.1, 0.15) is 11.9 Å². The molecular weight excluding hydrogens is 319 g/mol. The van der Waals surface area contributed by atoms with Crippen LogP contribution in [0.1, 0.15) is 11.8 Å². The normalized spacial score (nSPS) is 12.7. The van der Waals surface area contributed by atoms with E-state index in [4.69, 9.17) is 0 Å². The summed E-state index contributed by atoms with van der Waals surface area (Å²) < 4.78 is 15.8. The number of aliphatic hydroxyl groups is 1. The van der Waals surface area contributed by atoms with E-state index < -0.39 is 6.10 Å². The second kappa shape index (κ2) is 5.86. The number of rotatable bonds is 4. The van der Waals surface area contributed by atoms with Crippen molar-refractivity contribution in [2.75, 3.05) is 5.75 Å². The van der Waals surface area contributed by atoms with Gasteiger partial charge in [0.15, 0.2) is 0 Å². The lowest BCUT2D eigenvalue weighted by atomic mass is 10.3. The number of halogens is 2. The van der Waals surface area contributed by atoms with Crippen LogP contribution in [0.5, 0.6) is 0 Å². The molecular formula is C12H12BrFN2OS. The summed E-state index contributed by atoms with van der Waals surface area (Å²) >= 11 is 4.62. The van der Waals surface area contributed by atoms with Gasteiger partial charge in [0.2, 0.25) is 0 Å². The molecule has 1 heterocycles. The minimum absolute atomic E-state index is 0.265. The Labute approximate surface area is 117 Å². The van der Waals surface area contributed by atoms with Crippen LogP contribution in [-0.2, 0) is 7.05 Å². The van der Waals surface area contributed by atoms with Gasteiger partial charge in [-0.2, -0.15) is 5.10 Å². The van der Waals surface area contributed by atoms with Gasteiger partial charge in [0.05, 0.1) is 16.4 Å². The fraction of sp³-hybridized carbons (Fsp3) is 0.250. The average molecular weight is 331 g/mol. The molecule has 0 bridgehead atoms. The zero-order valence-electron chi connectivity index (χ0n) is 9.68. The molecule has 0 amide bonds. The molecule has 2 rings (SSSR count). The Balaban J connectivity index is 2.05. The van der Waals surface area contributed by atoms with E-state index in [0.29, 0.717) is 16.3 Å². The number of aryl methyl sites for hydroxylation is 1. The molecule has 0 radical (unpaired) electrons. The van der Waals surface area contributed by atoms with Gasteiger partial charge in [-0.1, -0.05) is 12.1 Å². The first-order valence-corrected chi connectivity index (χ1v) is 7.10. The van der Waals surface area contributed by atoms with E-state index in [1.807, 2.05) is 0 Å². The maximum atomic E-state index is 13.4. The molecule has 1 unspecified atom stereocenters. The fourth-order valence-corrected chi connectivity index (χ4v) is 3.09. The highest BCUT2D eigenvalue weighted by atomic mass is 79.9. The minimum atomic E-state index is -0.698. The highest BCUT2D eigenvalue weighted by Crippen LogP contribution is 2.29. The van der Waals surface area contributed by atoms with Gasteiger partial charge in [-0.15, -0.1) is 11.8 Å². The number of benzene rings is 1. The third-order valence-corrected chi connectivity index (χ3v) is 4.22. The number of aromatic nitrogens is 2. The molecule has 1 aromatic heterocycles. The van der Waals surface area contributed by atoms with Crippen LogP contribution in [0.4, 0.5) is 4.39 Å². The molecule has 0 aliphatic rings. The highest BCUT2D eigenvalue weighted by Gasteiger charge is 2.17. The molecule has 18 heavy (non-hydrogen) atoms. The molecule has 1 N–H and O–H groups in total. The summed E-state index contributed by atoms with van der Waals surface area (Å²) in [6, 6.07) is 6.53. The largest absolute Gasteiger partial charge is 0.386 e. The minimum Gasteiger partial charge on any atom is -0.386 e. The molecule has 0 saturated carbocycles. The van der Waals surface area contributed by atoms with E-state index in [1.165, 1.54) is 17.8 Å². The Bertz CT molecular complexity index is 527. The first-order valence-electron chi connectivity index (χ1n) is 5.32. The Morgan fingerprint density at radius 3 is 2.83 bits per heavy atom. The number of thioether (sulfide) groups is 1. The van der Waals surface area contributed by atoms with Crippen molar-refractivity contribution in [3.63, 3.8) is 0 Å². The zero-order chi connectivity index (χ0) is 13.1. The number of aliphatic hydroxyl groups excluding tert-OH is 1. The molecule has 0 saturated heterocycles. The lowest BCUT2D eigenvalue weighted by Crippen LogP contribution is -2.08. The highest BCUT2D eigenvalue weighted by molar-refractivity contribution is 9.10. The predicted molar refractivity (Wildman–Crippen MR) is 73.0 cm³/mol. The molecule has 0 aliphatic heterocycles. The Morgan fingerprint density at radius 2 is 2.22 bits per heavy atom. The van der Waals surface area contributed by atoms with Crippen LogP contribution in [-0.4, -0.2) is 20.6 Å². The molecule has 1 atom stereocenters. The van der Waals surface area contributed by atoms with Crippen LogP contribution in [0.2, 0.25) is 0 Å². The maximum Gasteiger partial charge on any atom is 0.136 e. The standard InChI is InChI=1S/C12H12BrFN2OS/c1-16-12(8(13)6-15-16)10(17)7-18-11-5-3-2-4-9(11)14/h2-6,10,17H,7H2,1H3. The third-order valence-electron chi connectivity index (χ3n) is 2.49. The maximum absolute atomic E-state index is 13.4. The van der Waals surface area contributed by atoms with Gasteiger partial charge in [0.25, 0.3) is 0 Å². The SMILES string of the molecule is Cn1ncc(Br)c1C(O)CSc1ccccc1F. The van der Waals surface area contributed by atoms with Gasteiger partial charge in [-0.05, 0) is 28.1 Å². The smallest absolute Gasteiger partial charge is 0.136 e. The summed E-state index contributed by atoms with van der Waals surface area (Å²) in [5.74, 6) is 0.109. The average Bonchev–Trinajstić information content (AvgIpc) is 2.68. The number of hydrogen-bond donors (Lipinski definition) is 1. The van der Waals surface area contributed by atoms with E-state index in [2.05, 4.69) is 21.0 Å². The first kappa shape index (κ1) is 13.6. The van der Waals surface area contributed by atoms with Gasteiger partial charge in [-0.3, -0.25) is 4.68 Å². The van der Waals surface area contributed by atoms with Crippen molar-refractivity contribution >= 4 is 27.7 Å². The van der Waals surface area contributed by atoms with Gasteiger partial charge >= 0.3 is 0 Å².